The second-order valence-corrected chi connectivity index (χ2v) is 9.67. The summed E-state index contributed by atoms with van der Waals surface area (Å²) in [5.74, 6) is 1.89. The molecule has 0 amide bonds. The van der Waals surface area contributed by atoms with E-state index in [4.69, 9.17) is 9.47 Å². The van der Waals surface area contributed by atoms with Crippen molar-refractivity contribution >= 4 is 56.0 Å². The number of fused-ring (bicyclic) bond motifs is 2. The lowest BCUT2D eigenvalue weighted by atomic mass is 10.1. The number of halogens is 1. The Bertz CT molecular complexity index is 1650. The molecule has 1 N–H and O–H groups in total. The fourth-order valence-corrected chi connectivity index (χ4v) is 4.91. The second kappa shape index (κ2) is 10.4. The van der Waals surface area contributed by atoms with Crippen LogP contribution >= 0.6 is 22.6 Å². The number of nitrogens with zero attached hydrogens (tertiary/aromatic N) is 2. The molecule has 0 unspecified atom stereocenters. The van der Waals surface area contributed by atoms with Crippen LogP contribution in [0.1, 0.15) is 29.4 Å². The number of aromatic amines is 1. The molecule has 5 nitrogen and oxygen atoms in total. The number of H-pyrrole nitrogens is 1. The van der Waals surface area contributed by atoms with E-state index in [1.54, 1.807) is 0 Å². The molecule has 5 rings (SSSR count). The third-order valence-corrected chi connectivity index (χ3v) is 6.65. The molecule has 6 heteroatoms. The number of aromatic nitrogens is 2. The standard InChI is InChI=1S/C30H24IN3O2/c1-3-35-28-16-21(14-24(17-32)30-33-26-11-8-19(2)12-27(26)34-30)15-25(31)29(28)36-18-20-9-10-22-6-4-5-7-23(22)13-20/h4-16H,3,18H2,1-2H3,(H,33,34)/b24-14-. The summed E-state index contributed by atoms with van der Waals surface area (Å²) >= 11 is 2.26. The third kappa shape index (κ3) is 5.07. The van der Waals surface area contributed by atoms with Crippen LogP contribution in [-0.4, -0.2) is 16.6 Å². The van der Waals surface area contributed by atoms with Crippen molar-refractivity contribution in [1.29, 1.82) is 5.26 Å². The Hall–Kier alpha value is -3.83. The maximum atomic E-state index is 9.87. The van der Waals surface area contributed by atoms with Crippen LogP contribution < -0.4 is 9.47 Å². The molecule has 0 aliphatic carbocycles. The van der Waals surface area contributed by atoms with E-state index >= 15 is 0 Å². The van der Waals surface area contributed by atoms with E-state index in [0.29, 0.717) is 36.1 Å². The highest BCUT2D eigenvalue weighted by Crippen LogP contribution is 2.36. The number of aryl methyl sites for hydroxylation is 1. The first-order chi connectivity index (χ1) is 17.5. The summed E-state index contributed by atoms with van der Waals surface area (Å²) in [6.45, 7) is 4.91. The van der Waals surface area contributed by atoms with Crippen molar-refractivity contribution in [1.82, 2.24) is 9.97 Å². The molecule has 36 heavy (non-hydrogen) atoms. The molecule has 0 aliphatic heterocycles. The minimum absolute atomic E-state index is 0.429. The number of nitrogens with one attached hydrogen (secondary N) is 1. The number of ether oxygens (including phenoxy) is 2. The first-order valence-electron chi connectivity index (χ1n) is 11.7. The molecule has 0 spiro atoms. The Labute approximate surface area is 223 Å². The molecule has 0 fully saturated rings. The van der Waals surface area contributed by atoms with Crippen LogP contribution in [0.2, 0.25) is 0 Å². The van der Waals surface area contributed by atoms with Gasteiger partial charge in [0.15, 0.2) is 11.5 Å². The summed E-state index contributed by atoms with van der Waals surface area (Å²) in [5.41, 5.74) is 5.26. The lowest BCUT2D eigenvalue weighted by Gasteiger charge is -2.15. The van der Waals surface area contributed by atoms with E-state index in [1.165, 1.54) is 10.8 Å². The molecule has 0 bridgehead atoms. The van der Waals surface area contributed by atoms with E-state index in [-0.39, 0.29) is 0 Å². The van der Waals surface area contributed by atoms with E-state index in [0.717, 1.165) is 31.3 Å². The predicted octanol–water partition coefficient (Wildman–Crippen LogP) is 7.67. The Morgan fingerprint density at radius 1 is 1.03 bits per heavy atom. The smallest absolute Gasteiger partial charge is 0.175 e. The van der Waals surface area contributed by atoms with Gasteiger partial charge in [0.1, 0.15) is 18.5 Å². The van der Waals surface area contributed by atoms with Gasteiger partial charge in [-0.2, -0.15) is 5.26 Å². The number of nitriles is 1. The first-order valence-corrected chi connectivity index (χ1v) is 12.8. The topological polar surface area (TPSA) is 70.9 Å². The maximum absolute atomic E-state index is 9.87. The van der Waals surface area contributed by atoms with Crippen molar-refractivity contribution in [2.24, 2.45) is 0 Å². The van der Waals surface area contributed by atoms with Crippen molar-refractivity contribution in [3.63, 3.8) is 0 Å². The summed E-state index contributed by atoms with van der Waals surface area (Å²) in [5, 5.41) is 12.3. The lowest BCUT2D eigenvalue weighted by molar-refractivity contribution is 0.267. The molecule has 0 atom stereocenters. The van der Waals surface area contributed by atoms with E-state index < -0.39 is 0 Å². The number of hydrogen-bond acceptors (Lipinski definition) is 4. The highest BCUT2D eigenvalue weighted by molar-refractivity contribution is 14.1. The molecule has 1 heterocycles. The molecular weight excluding hydrogens is 561 g/mol. The van der Waals surface area contributed by atoms with Crippen LogP contribution in [0.5, 0.6) is 11.5 Å². The van der Waals surface area contributed by atoms with Crippen molar-refractivity contribution in [2.45, 2.75) is 20.5 Å². The Balaban J connectivity index is 1.44. The third-order valence-electron chi connectivity index (χ3n) is 5.85. The van der Waals surface area contributed by atoms with E-state index in [2.05, 4.69) is 69.0 Å². The van der Waals surface area contributed by atoms with Gasteiger partial charge in [0.2, 0.25) is 0 Å². The summed E-state index contributed by atoms with van der Waals surface area (Å²) in [4.78, 5) is 7.87. The Morgan fingerprint density at radius 2 is 1.86 bits per heavy atom. The quantitative estimate of drug-likeness (QED) is 0.157. The maximum Gasteiger partial charge on any atom is 0.175 e. The minimum Gasteiger partial charge on any atom is -0.490 e. The average molecular weight is 585 g/mol. The lowest BCUT2D eigenvalue weighted by Crippen LogP contribution is -2.02. The molecule has 0 radical (unpaired) electrons. The van der Waals surface area contributed by atoms with Gasteiger partial charge in [-0.3, -0.25) is 0 Å². The van der Waals surface area contributed by atoms with Crippen molar-refractivity contribution in [3.05, 3.63) is 98.9 Å². The van der Waals surface area contributed by atoms with Gasteiger partial charge < -0.3 is 14.5 Å². The van der Waals surface area contributed by atoms with Crippen LogP contribution in [0.3, 0.4) is 0 Å². The monoisotopic (exact) mass is 585 g/mol. The molecule has 0 saturated carbocycles. The number of imidazole rings is 1. The molecular formula is C30H24IN3O2. The average Bonchev–Trinajstić information content (AvgIpc) is 3.30. The van der Waals surface area contributed by atoms with Crippen LogP contribution in [0.4, 0.5) is 0 Å². The van der Waals surface area contributed by atoms with Gasteiger partial charge in [0.05, 0.1) is 26.8 Å². The molecule has 1 aromatic heterocycles. The molecule has 5 aromatic rings. The summed E-state index contributed by atoms with van der Waals surface area (Å²) in [6.07, 6.45) is 1.82. The number of hydrogen-bond donors (Lipinski definition) is 1. The van der Waals surface area contributed by atoms with Crippen LogP contribution in [0.15, 0.2) is 72.8 Å². The SMILES string of the molecule is CCOc1cc(/C=C(/C#N)c2nc3ccc(C)cc3[nH]2)cc(I)c1OCc1ccc2ccccc2c1. The largest absolute Gasteiger partial charge is 0.490 e. The van der Waals surface area contributed by atoms with Crippen LogP contribution in [0.25, 0.3) is 33.5 Å². The van der Waals surface area contributed by atoms with Gasteiger partial charge in [-0.1, -0.05) is 42.5 Å². The number of allylic oxidation sites excluding steroid dienone is 1. The van der Waals surface area contributed by atoms with Gasteiger partial charge in [-0.05, 0) is 100 Å². The normalized spacial score (nSPS) is 11.6. The molecule has 178 valence electrons. The predicted molar refractivity (Wildman–Crippen MR) is 153 cm³/mol. The Morgan fingerprint density at radius 3 is 2.67 bits per heavy atom. The van der Waals surface area contributed by atoms with Gasteiger partial charge in [0.25, 0.3) is 0 Å². The van der Waals surface area contributed by atoms with Gasteiger partial charge in [0, 0.05) is 0 Å². The van der Waals surface area contributed by atoms with Crippen LogP contribution in [0, 0.1) is 21.8 Å². The zero-order chi connectivity index (χ0) is 25.1. The molecule has 0 aliphatic rings. The van der Waals surface area contributed by atoms with E-state index in [1.807, 2.05) is 62.4 Å². The van der Waals surface area contributed by atoms with Crippen molar-refractivity contribution in [3.8, 4) is 17.6 Å². The number of benzene rings is 4. The highest BCUT2D eigenvalue weighted by Gasteiger charge is 2.14. The first kappa shape index (κ1) is 23.9. The van der Waals surface area contributed by atoms with Gasteiger partial charge in [-0.15, -0.1) is 0 Å². The molecule has 4 aromatic carbocycles. The number of rotatable bonds is 7. The van der Waals surface area contributed by atoms with Crippen molar-refractivity contribution < 1.29 is 9.47 Å². The summed E-state index contributed by atoms with van der Waals surface area (Å²) < 4.78 is 13.1. The molecule has 0 saturated heterocycles. The fraction of sp³-hybridized carbons (Fsp3) is 0.133. The minimum atomic E-state index is 0.429. The van der Waals surface area contributed by atoms with Crippen LogP contribution in [-0.2, 0) is 6.61 Å². The summed E-state index contributed by atoms with van der Waals surface area (Å²) in [7, 11) is 0. The van der Waals surface area contributed by atoms with Gasteiger partial charge in [-0.25, -0.2) is 4.98 Å². The van der Waals surface area contributed by atoms with Crippen molar-refractivity contribution in [2.75, 3.05) is 6.61 Å². The zero-order valence-corrected chi connectivity index (χ0v) is 22.2. The van der Waals surface area contributed by atoms with Gasteiger partial charge >= 0.3 is 0 Å². The highest BCUT2D eigenvalue weighted by atomic mass is 127. The second-order valence-electron chi connectivity index (χ2n) is 8.51. The Kier molecular flexibility index (Phi) is 6.92. The zero-order valence-electron chi connectivity index (χ0n) is 20.0. The fourth-order valence-electron chi connectivity index (χ4n) is 4.13. The summed E-state index contributed by atoms with van der Waals surface area (Å²) in [6, 6.07) is 26.8. The van der Waals surface area contributed by atoms with E-state index in [9.17, 15) is 5.26 Å².